The average Bonchev–Trinajstić information content (AvgIpc) is 4.16. The molecule has 10 aromatic carbocycles. The predicted molar refractivity (Wildman–Crippen MR) is 309 cm³/mol. The van der Waals surface area contributed by atoms with E-state index >= 15 is 0 Å². The summed E-state index contributed by atoms with van der Waals surface area (Å²) in [4.78, 5) is 0. The van der Waals surface area contributed by atoms with Crippen LogP contribution in [0, 0.1) is 13.8 Å². The van der Waals surface area contributed by atoms with Crippen molar-refractivity contribution in [3.63, 3.8) is 0 Å². The molecule has 0 saturated carbocycles. The fraction of sp³-hybridized carbons (Fsp3) is 0.0588. The standard InChI is InChI=1S/2C28H21.C12H9Si.2ClH.Zr/c2*1-20-16-17-23-18-24(21-10-4-2-5-11-21)19-27(23)28(20)26-15-9-8-14-25(26)22-12-6-3-7-13-22;1-3-7-11-9(5-1)10-6-2-4-8-12(10)13-11;;;/h2*2-19H,1H3;1-7H,13H2;2*1H;/q;;;;;+2/p-2. The molecule has 345 valence electrons. The van der Waals surface area contributed by atoms with Crippen LogP contribution in [-0.2, 0) is 16.4 Å². The first-order valence-electron chi connectivity index (χ1n) is 25.2. The van der Waals surface area contributed by atoms with Gasteiger partial charge in [-0.1, -0.05) is 0 Å². The molecule has 1 heterocycles. The molecule has 0 N–H and O–H groups in total. The zero-order valence-corrected chi connectivity index (χ0v) is 45.7. The molecular weight excluding hydrogens is 1010 g/mol. The van der Waals surface area contributed by atoms with Crippen LogP contribution >= 0.6 is 17.0 Å². The van der Waals surface area contributed by atoms with E-state index in [2.05, 4.69) is 263 Å². The van der Waals surface area contributed by atoms with Crippen LogP contribution in [0.3, 0.4) is 0 Å². The molecule has 4 heteroatoms. The third-order valence-electron chi connectivity index (χ3n) is 16.0. The van der Waals surface area contributed by atoms with Gasteiger partial charge in [0.1, 0.15) is 0 Å². The van der Waals surface area contributed by atoms with Gasteiger partial charge in [-0.05, 0) is 0 Å². The fourth-order valence-electron chi connectivity index (χ4n) is 13.0. The first-order chi connectivity index (χ1) is 35.3. The third kappa shape index (κ3) is 7.09. The third-order valence-corrected chi connectivity index (χ3v) is 38.5. The molecular formula is C68H51Cl2SiZr. The first-order valence-corrected chi connectivity index (χ1v) is 37.0. The zero-order valence-electron chi connectivity index (χ0n) is 40.3. The van der Waals surface area contributed by atoms with Gasteiger partial charge in [-0.15, -0.1) is 0 Å². The van der Waals surface area contributed by atoms with Gasteiger partial charge in [0.15, 0.2) is 0 Å². The summed E-state index contributed by atoms with van der Waals surface area (Å²) in [6.07, 6.45) is 4.98. The van der Waals surface area contributed by atoms with Crippen LogP contribution in [0.1, 0.15) is 51.8 Å². The molecule has 0 radical (unpaired) electrons. The normalized spacial score (nSPS) is 16.2. The Labute approximate surface area is 434 Å². The second-order valence-corrected chi connectivity index (χ2v) is 42.4. The van der Waals surface area contributed by atoms with Crippen molar-refractivity contribution in [2.75, 3.05) is 0 Å². The Kier molecular flexibility index (Phi) is 11.2. The Morgan fingerprint density at radius 2 is 0.722 bits per heavy atom. The van der Waals surface area contributed by atoms with Crippen molar-refractivity contribution < 1.29 is 16.4 Å². The molecule has 0 saturated heterocycles. The van der Waals surface area contributed by atoms with Crippen molar-refractivity contribution in [2.45, 2.75) is 21.1 Å². The van der Waals surface area contributed by atoms with Crippen LogP contribution in [0.25, 0.3) is 78.9 Å². The molecule has 72 heavy (non-hydrogen) atoms. The summed E-state index contributed by atoms with van der Waals surface area (Å²) in [7, 11) is 18.5. The molecule has 10 aromatic rings. The van der Waals surface area contributed by atoms with Gasteiger partial charge in [-0.25, -0.2) is 0 Å². The zero-order chi connectivity index (χ0) is 48.6. The van der Waals surface area contributed by atoms with E-state index in [0.29, 0.717) is 0 Å². The fourth-order valence-corrected chi connectivity index (χ4v) is 40.0. The van der Waals surface area contributed by atoms with Crippen LogP contribution in [-0.4, -0.2) is 9.52 Å². The molecule has 0 spiro atoms. The van der Waals surface area contributed by atoms with E-state index in [0.717, 1.165) is 11.1 Å². The number of fused-ring (bicyclic) bond motifs is 5. The van der Waals surface area contributed by atoms with Gasteiger partial charge in [-0.3, -0.25) is 0 Å². The first kappa shape index (κ1) is 45.2. The molecule has 2 unspecified atom stereocenters. The number of allylic oxidation sites excluding steroid dienone is 2. The van der Waals surface area contributed by atoms with Crippen LogP contribution in [0.15, 0.2) is 237 Å². The maximum absolute atomic E-state index is 9.75. The van der Waals surface area contributed by atoms with Crippen molar-refractivity contribution in [1.82, 2.24) is 0 Å². The van der Waals surface area contributed by atoms with Gasteiger partial charge < -0.3 is 0 Å². The molecule has 1 aliphatic heterocycles. The Morgan fingerprint density at radius 1 is 0.347 bits per heavy atom. The SMILES string of the molecule is Cc1ccc2c(c1-c1ccccc1-c1ccccc1)C=C(c1ccccc1)[CH]2[Zr]([Cl])([Cl])([c]1cccc2c1[SiH2]c1ccccc1-2)[CH]1C(c2ccccc2)=Cc2c1ccc(C)c2-c1ccccc1-c1ccccc1. The summed E-state index contributed by atoms with van der Waals surface area (Å²) >= 11 is -6.11. The molecule has 0 fully saturated rings. The van der Waals surface area contributed by atoms with Gasteiger partial charge >= 0.3 is 438 Å². The van der Waals surface area contributed by atoms with Gasteiger partial charge in [-0.2, -0.15) is 0 Å². The Hall–Kier alpha value is -6.64. The molecule has 2 atom stereocenters. The van der Waals surface area contributed by atoms with Crippen molar-refractivity contribution in [2.24, 2.45) is 0 Å². The van der Waals surface area contributed by atoms with Crippen molar-refractivity contribution in [3.05, 3.63) is 281 Å². The molecule has 2 aliphatic carbocycles. The van der Waals surface area contributed by atoms with Gasteiger partial charge in [0, 0.05) is 0 Å². The van der Waals surface area contributed by atoms with E-state index in [1.165, 1.54) is 114 Å². The van der Waals surface area contributed by atoms with E-state index < -0.39 is 25.9 Å². The minimum atomic E-state index is -6.11. The topological polar surface area (TPSA) is 0 Å². The summed E-state index contributed by atoms with van der Waals surface area (Å²) < 4.78 is 0.547. The average molecular weight is 1060 g/mol. The van der Waals surface area contributed by atoms with E-state index in [4.69, 9.17) is 0 Å². The van der Waals surface area contributed by atoms with E-state index in [9.17, 15) is 17.0 Å². The molecule has 13 rings (SSSR count). The molecule has 3 aliphatic rings. The molecule has 0 aromatic heterocycles. The second-order valence-electron chi connectivity index (χ2n) is 20.0. The number of benzene rings is 10. The Balaban J connectivity index is 1.15. The minimum absolute atomic E-state index is 0.330. The number of aryl methyl sites for hydroxylation is 2. The van der Waals surface area contributed by atoms with Gasteiger partial charge in [0.25, 0.3) is 0 Å². The quantitative estimate of drug-likeness (QED) is 0.126. The van der Waals surface area contributed by atoms with Gasteiger partial charge in [0.05, 0.1) is 0 Å². The molecule has 0 amide bonds. The van der Waals surface area contributed by atoms with Crippen LogP contribution < -0.4 is 13.6 Å². The number of halogens is 2. The summed E-state index contributed by atoms with van der Waals surface area (Å²) in [6, 6.07) is 86.9. The van der Waals surface area contributed by atoms with Crippen LogP contribution in [0.5, 0.6) is 0 Å². The van der Waals surface area contributed by atoms with E-state index in [-0.39, 0.29) is 7.25 Å². The number of hydrogen-bond donors (Lipinski definition) is 0. The summed E-state index contributed by atoms with van der Waals surface area (Å²) in [5, 5.41) is 2.85. The summed E-state index contributed by atoms with van der Waals surface area (Å²) in [5.74, 6) is 0. The molecule has 0 nitrogen and oxygen atoms in total. The monoisotopic (exact) mass is 1060 g/mol. The maximum atomic E-state index is 9.75. The van der Waals surface area contributed by atoms with Crippen molar-refractivity contribution in [1.29, 1.82) is 0 Å². The van der Waals surface area contributed by atoms with Crippen molar-refractivity contribution in [3.8, 4) is 55.6 Å². The van der Waals surface area contributed by atoms with Crippen molar-refractivity contribution >= 4 is 63.5 Å². The summed E-state index contributed by atoms with van der Waals surface area (Å²) in [6.45, 7) is 4.53. The predicted octanol–water partition coefficient (Wildman–Crippen LogP) is 16.3. The van der Waals surface area contributed by atoms with Gasteiger partial charge in [0.2, 0.25) is 0 Å². The molecule has 0 bridgehead atoms. The Morgan fingerprint density at radius 3 is 1.18 bits per heavy atom. The number of hydrogen-bond acceptors (Lipinski definition) is 0. The van der Waals surface area contributed by atoms with Crippen LogP contribution in [0.4, 0.5) is 0 Å². The van der Waals surface area contributed by atoms with E-state index in [1.807, 2.05) is 0 Å². The van der Waals surface area contributed by atoms with E-state index in [1.54, 1.807) is 0 Å². The Bertz CT molecular complexity index is 3640. The van der Waals surface area contributed by atoms with Crippen LogP contribution in [0.2, 0.25) is 0 Å². The summed E-state index contributed by atoms with van der Waals surface area (Å²) in [5.41, 5.74) is 24.3. The number of rotatable bonds is 9. The second kappa shape index (κ2) is 17.8.